The van der Waals surface area contributed by atoms with Crippen LogP contribution in [0.5, 0.6) is 0 Å². The monoisotopic (exact) mass is 987 g/mol. The van der Waals surface area contributed by atoms with E-state index in [1.165, 1.54) is 97.6 Å². The first kappa shape index (κ1) is 80.1. The lowest BCUT2D eigenvalue weighted by molar-refractivity contribution is 0.00531. The van der Waals surface area contributed by atoms with Crippen molar-refractivity contribution in [3.8, 4) is 0 Å². The van der Waals surface area contributed by atoms with Gasteiger partial charge in [-0.15, -0.1) is 0 Å². The molecule has 2 fully saturated rings. The number of hydrogen-bond donors (Lipinski definition) is 2. The maximum absolute atomic E-state index is 5.23. The van der Waals surface area contributed by atoms with Crippen LogP contribution in [0.25, 0.3) is 0 Å². The summed E-state index contributed by atoms with van der Waals surface area (Å²) in [6, 6.07) is 0. The molecule has 2 saturated heterocycles. The Hall–Kier alpha value is -0.280. The second-order valence-electron chi connectivity index (χ2n) is 28.7. The van der Waals surface area contributed by atoms with Crippen LogP contribution in [0.3, 0.4) is 0 Å². The van der Waals surface area contributed by atoms with Crippen LogP contribution in [-0.4, -0.2) is 133 Å². The summed E-state index contributed by atoms with van der Waals surface area (Å²) in [6.07, 6.45) is 6.49. The first-order chi connectivity index (χ1) is 30.7. The van der Waals surface area contributed by atoms with Gasteiger partial charge in [0.05, 0.1) is 5.60 Å². The van der Waals surface area contributed by atoms with Gasteiger partial charge in [-0.05, 0) is 184 Å². The number of piperazine rings is 2. The van der Waals surface area contributed by atoms with Crippen molar-refractivity contribution >= 4 is 0 Å². The summed E-state index contributed by atoms with van der Waals surface area (Å²) < 4.78 is 5.23. The number of nitrogens with one attached hydrogen (secondary N) is 2. The highest BCUT2D eigenvalue weighted by Gasteiger charge is 2.26. The van der Waals surface area contributed by atoms with Crippen LogP contribution in [0.15, 0.2) is 0 Å². The largest absolute Gasteiger partial charge is 0.376 e. The van der Waals surface area contributed by atoms with Crippen molar-refractivity contribution in [2.75, 3.05) is 85.1 Å². The predicted octanol–water partition coefficient (Wildman–Crippen LogP) is 16.8. The van der Waals surface area contributed by atoms with Gasteiger partial charge in [0, 0.05) is 81.1 Å². The minimum atomic E-state index is 0.0503. The molecule has 0 aromatic heterocycles. The zero-order valence-corrected chi connectivity index (χ0v) is 55.1. The topological polar surface area (TPSA) is 46.2 Å². The molecule has 2 heterocycles. The second kappa shape index (κ2) is 40.1. The number of ether oxygens (including phenoxy) is 1. The maximum Gasteiger partial charge on any atom is 0.0598 e. The number of hydrogen-bond acceptors (Lipinski definition) is 7. The van der Waals surface area contributed by atoms with E-state index in [9.17, 15) is 0 Å². The van der Waals surface area contributed by atoms with Crippen LogP contribution < -0.4 is 10.6 Å². The van der Waals surface area contributed by atoms with Crippen molar-refractivity contribution in [3.05, 3.63) is 0 Å². The third kappa shape index (κ3) is 65.7. The van der Waals surface area contributed by atoms with Crippen LogP contribution in [0.2, 0.25) is 0 Å². The van der Waals surface area contributed by atoms with Crippen LogP contribution in [-0.2, 0) is 4.74 Å². The first-order valence-electron chi connectivity index (χ1n) is 28.8. The predicted molar refractivity (Wildman–Crippen MR) is 322 cm³/mol. The fourth-order valence-corrected chi connectivity index (χ4v) is 7.16. The fourth-order valence-electron chi connectivity index (χ4n) is 7.16. The SMILES string of the molecule is CC(C)C(C)C(C)(C)C.CCC(C)(C)C.CCCC(C)(C)C.CCCN1CCN(C(C)(C)C)CC1.CCCN1CCN(C(C)(C)C)CC1.CCNC(C)(C)C.CCNC(C)(C)C.CCOC(C)(C)C. The van der Waals surface area contributed by atoms with Crippen molar-refractivity contribution in [2.45, 2.75) is 295 Å². The molecule has 0 radical (unpaired) electrons. The summed E-state index contributed by atoms with van der Waals surface area (Å²) in [5.41, 5.74) is 2.94. The first-order valence-corrected chi connectivity index (χ1v) is 28.8. The van der Waals surface area contributed by atoms with Crippen molar-refractivity contribution in [2.24, 2.45) is 28.1 Å². The summed E-state index contributed by atoms with van der Waals surface area (Å²) in [7, 11) is 0. The van der Waals surface area contributed by atoms with Gasteiger partial charge >= 0.3 is 0 Å². The average molecular weight is 988 g/mol. The Labute approximate surface area is 441 Å². The zero-order chi connectivity index (χ0) is 56.3. The molecule has 0 spiro atoms. The molecular weight excluding hydrogens is 845 g/mol. The third-order valence-electron chi connectivity index (χ3n) is 12.1. The molecule has 1 unspecified atom stereocenters. The van der Waals surface area contributed by atoms with Crippen molar-refractivity contribution in [1.82, 2.24) is 30.2 Å². The van der Waals surface area contributed by atoms with E-state index < -0.39 is 0 Å². The molecule has 0 aromatic rings. The van der Waals surface area contributed by atoms with E-state index in [0.29, 0.717) is 38.4 Å². The Morgan fingerprint density at radius 3 is 0.783 bits per heavy atom. The molecule has 1 atom stereocenters. The van der Waals surface area contributed by atoms with Gasteiger partial charge in [-0.1, -0.05) is 137 Å². The summed E-state index contributed by atoms with van der Waals surface area (Å²) in [4.78, 5) is 10.3. The number of rotatable bonds is 9. The van der Waals surface area contributed by atoms with Gasteiger partial charge in [0.1, 0.15) is 0 Å². The minimum absolute atomic E-state index is 0.0503. The van der Waals surface area contributed by atoms with Gasteiger partial charge in [-0.25, -0.2) is 0 Å². The molecule has 0 aromatic carbocycles. The van der Waals surface area contributed by atoms with Crippen LogP contribution in [0.4, 0.5) is 0 Å². The van der Waals surface area contributed by atoms with Crippen molar-refractivity contribution < 1.29 is 4.74 Å². The van der Waals surface area contributed by atoms with Gasteiger partial charge in [-0.2, -0.15) is 0 Å². The minimum Gasteiger partial charge on any atom is -0.376 e. The lowest BCUT2D eigenvalue weighted by Crippen LogP contribution is -2.53. The van der Waals surface area contributed by atoms with E-state index in [-0.39, 0.29) is 5.60 Å². The molecule has 0 aliphatic carbocycles. The smallest absolute Gasteiger partial charge is 0.0598 e. The van der Waals surface area contributed by atoms with E-state index in [2.05, 4.69) is 259 Å². The molecule has 0 saturated carbocycles. The fraction of sp³-hybridized carbons (Fsp3) is 1.00. The Morgan fingerprint density at radius 2 is 0.710 bits per heavy atom. The molecule has 426 valence electrons. The summed E-state index contributed by atoms with van der Waals surface area (Å²) in [6.45, 7) is 91.0. The molecule has 2 aliphatic heterocycles. The van der Waals surface area contributed by atoms with Crippen molar-refractivity contribution in [1.29, 1.82) is 0 Å². The average Bonchev–Trinajstić information content (AvgIpc) is 3.14. The van der Waals surface area contributed by atoms with Crippen LogP contribution in [0, 0.1) is 28.1 Å². The molecule has 7 heteroatoms. The highest BCUT2D eigenvalue weighted by atomic mass is 16.5. The Balaban J connectivity index is -0.000000168. The molecule has 7 nitrogen and oxygen atoms in total. The third-order valence-corrected chi connectivity index (χ3v) is 12.1. The maximum atomic E-state index is 5.23. The second-order valence-corrected chi connectivity index (χ2v) is 28.7. The van der Waals surface area contributed by atoms with Gasteiger partial charge in [0.2, 0.25) is 0 Å². The quantitative estimate of drug-likeness (QED) is 0.239. The van der Waals surface area contributed by atoms with Gasteiger partial charge < -0.3 is 25.2 Å². The summed E-state index contributed by atoms with van der Waals surface area (Å²) in [5.74, 6) is 1.63. The van der Waals surface area contributed by atoms with Crippen molar-refractivity contribution in [3.63, 3.8) is 0 Å². The van der Waals surface area contributed by atoms with E-state index in [1.807, 2.05) is 6.92 Å². The van der Waals surface area contributed by atoms with E-state index in [1.54, 1.807) is 0 Å². The highest BCUT2D eigenvalue weighted by molar-refractivity contribution is 4.83. The lowest BCUT2D eigenvalue weighted by Gasteiger charge is -2.42. The molecule has 0 bridgehead atoms. The molecule has 0 amide bonds. The molecule has 2 aliphatic rings. The van der Waals surface area contributed by atoms with Crippen LogP contribution >= 0.6 is 0 Å². The Morgan fingerprint density at radius 1 is 0.420 bits per heavy atom. The Bertz CT molecular complexity index is 964. The van der Waals surface area contributed by atoms with E-state index in [0.717, 1.165) is 31.5 Å². The highest BCUT2D eigenvalue weighted by Crippen LogP contribution is 2.31. The van der Waals surface area contributed by atoms with E-state index in [4.69, 9.17) is 4.74 Å². The van der Waals surface area contributed by atoms with E-state index >= 15 is 0 Å². The van der Waals surface area contributed by atoms with Gasteiger partial charge in [-0.3, -0.25) is 9.80 Å². The zero-order valence-electron chi connectivity index (χ0n) is 55.1. The Kier molecular flexibility index (Phi) is 46.5. The summed E-state index contributed by atoms with van der Waals surface area (Å²) in [5, 5.41) is 6.57. The van der Waals surface area contributed by atoms with Gasteiger partial charge in [0.15, 0.2) is 0 Å². The summed E-state index contributed by atoms with van der Waals surface area (Å²) >= 11 is 0. The normalized spacial score (nSPS) is 16.4. The lowest BCUT2D eigenvalue weighted by atomic mass is 9.76. The molecule has 2 N–H and O–H groups in total. The van der Waals surface area contributed by atoms with Crippen LogP contribution in [0.1, 0.15) is 268 Å². The van der Waals surface area contributed by atoms with Gasteiger partial charge in [0.25, 0.3) is 0 Å². The molecular formula is C62H142N6O. The molecule has 2 rings (SSSR count). The number of nitrogens with zero attached hydrogens (tertiary/aromatic N) is 4. The molecule has 69 heavy (non-hydrogen) atoms. The standard InChI is InChI=1S/2C11H24N2.C9H20.C7H16.2C6H15N.C6H14O.C6H14/c2*1-5-6-12-7-9-13(10-8-12)11(2,3)4;1-7(2)8(3)9(4,5)6;1-5-6-7(2,3)4;3*1-5-7-6(2,3)4;1-5-6(2,3)4/h2*5-10H2,1-4H3;7-8H,1-6H3;5-6H2,1-4H3;2*7H,5H2,1-4H3;5H2,1-4H3;5H2,1-4H3.